The van der Waals surface area contributed by atoms with E-state index in [4.69, 9.17) is 4.98 Å². The minimum atomic E-state index is 0.501. The topological polar surface area (TPSA) is 44.3 Å². The Kier molecular flexibility index (Phi) is 5.70. The largest absolute Gasteiger partial charge is 0.356 e. The molecule has 1 saturated carbocycles. The quantitative estimate of drug-likeness (QED) is 0.903. The first kappa shape index (κ1) is 17.1. The predicted molar refractivity (Wildman–Crippen MR) is 103 cm³/mol. The Morgan fingerprint density at radius 1 is 0.880 bits per heavy atom. The van der Waals surface area contributed by atoms with E-state index in [1.165, 1.54) is 70.8 Å². The highest BCUT2D eigenvalue weighted by Gasteiger charge is 2.29. The van der Waals surface area contributed by atoms with Crippen molar-refractivity contribution in [1.29, 1.82) is 0 Å². The van der Waals surface area contributed by atoms with Gasteiger partial charge in [0.2, 0.25) is 5.95 Å². The van der Waals surface area contributed by atoms with E-state index in [1.54, 1.807) is 0 Å². The maximum Gasteiger partial charge on any atom is 0.224 e. The summed E-state index contributed by atoms with van der Waals surface area (Å²) in [5.41, 5.74) is 0. The Hall–Kier alpha value is -1.36. The first-order valence-corrected chi connectivity index (χ1v) is 10.5. The van der Waals surface area contributed by atoms with Gasteiger partial charge in [0.25, 0.3) is 0 Å². The second-order valence-electron chi connectivity index (χ2n) is 8.06. The summed E-state index contributed by atoms with van der Waals surface area (Å²) in [6.07, 6.45) is 15.5. The van der Waals surface area contributed by atoms with Crippen molar-refractivity contribution >= 4 is 11.8 Å². The molecule has 1 aliphatic carbocycles. The Bertz CT molecular complexity index is 535. The molecule has 0 aromatic carbocycles. The van der Waals surface area contributed by atoms with Crippen LogP contribution in [0.15, 0.2) is 12.3 Å². The average molecular weight is 344 g/mol. The van der Waals surface area contributed by atoms with E-state index >= 15 is 0 Å². The SMILES string of the molecule is c1cc(N2CCCCCC2)nc(N[C@@H]2CCN(C3CCCCC3)C2)n1. The van der Waals surface area contributed by atoms with Crippen LogP contribution in [0.1, 0.15) is 64.2 Å². The van der Waals surface area contributed by atoms with Crippen molar-refractivity contribution in [2.45, 2.75) is 76.3 Å². The number of hydrogen-bond acceptors (Lipinski definition) is 5. The van der Waals surface area contributed by atoms with E-state index < -0.39 is 0 Å². The van der Waals surface area contributed by atoms with E-state index in [1.807, 2.05) is 6.20 Å². The monoisotopic (exact) mass is 343 g/mol. The maximum absolute atomic E-state index is 4.82. The van der Waals surface area contributed by atoms with Gasteiger partial charge in [-0.15, -0.1) is 0 Å². The van der Waals surface area contributed by atoms with Gasteiger partial charge in [-0.1, -0.05) is 32.1 Å². The zero-order valence-electron chi connectivity index (χ0n) is 15.5. The van der Waals surface area contributed by atoms with Crippen molar-refractivity contribution in [2.24, 2.45) is 0 Å². The molecule has 2 aliphatic heterocycles. The van der Waals surface area contributed by atoms with Crippen LogP contribution in [0.25, 0.3) is 0 Å². The maximum atomic E-state index is 4.82. The standard InChI is InChI=1S/C20H33N5/c1-2-7-14-24(13-6-1)19-10-12-21-20(23-19)22-17-11-15-25(16-17)18-8-4-3-5-9-18/h10,12,17-18H,1-9,11,13-16H2,(H,21,22,23)/t17-/m1/s1. The summed E-state index contributed by atoms with van der Waals surface area (Å²) in [6, 6.07) is 3.39. The number of nitrogens with one attached hydrogen (secondary N) is 1. The van der Waals surface area contributed by atoms with Gasteiger partial charge < -0.3 is 10.2 Å². The molecule has 3 fully saturated rings. The molecule has 1 aromatic rings. The lowest BCUT2D eigenvalue weighted by molar-refractivity contribution is 0.190. The van der Waals surface area contributed by atoms with Gasteiger partial charge >= 0.3 is 0 Å². The minimum absolute atomic E-state index is 0.501. The number of hydrogen-bond donors (Lipinski definition) is 1. The van der Waals surface area contributed by atoms with Gasteiger partial charge in [0.15, 0.2) is 0 Å². The Morgan fingerprint density at radius 3 is 2.44 bits per heavy atom. The zero-order valence-corrected chi connectivity index (χ0v) is 15.5. The summed E-state index contributed by atoms with van der Waals surface area (Å²) in [4.78, 5) is 14.5. The summed E-state index contributed by atoms with van der Waals surface area (Å²) in [7, 11) is 0. The van der Waals surface area contributed by atoms with Gasteiger partial charge in [-0.2, -0.15) is 4.98 Å². The number of likely N-dealkylation sites (tertiary alicyclic amines) is 1. The van der Waals surface area contributed by atoms with Gasteiger partial charge in [-0.25, -0.2) is 4.98 Å². The molecule has 2 saturated heterocycles. The highest BCUT2D eigenvalue weighted by molar-refractivity contribution is 5.43. The van der Waals surface area contributed by atoms with Gasteiger partial charge in [0.1, 0.15) is 5.82 Å². The minimum Gasteiger partial charge on any atom is -0.356 e. The lowest BCUT2D eigenvalue weighted by atomic mass is 9.94. The number of rotatable bonds is 4. The van der Waals surface area contributed by atoms with E-state index in [0.717, 1.165) is 37.4 Å². The normalized spacial score (nSPS) is 26.6. The predicted octanol–water partition coefficient (Wildman–Crippen LogP) is 3.68. The van der Waals surface area contributed by atoms with Crippen LogP contribution in [0.3, 0.4) is 0 Å². The van der Waals surface area contributed by atoms with Crippen LogP contribution in [0.4, 0.5) is 11.8 Å². The van der Waals surface area contributed by atoms with Crippen molar-refractivity contribution in [3.8, 4) is 0 Å². The van der Waals surface area contributed by atoms with Crippen molar-refractivity contribution in [1.82, 2.24) is 14.9 Å². The molecule has 0 unspecified atom stereocenters. The lowest BCUT2D eigenvalue weighted by Gasteiger charge is -2.31. The average Bonchev–Trinajstić information content (AvgIpc) is 2.95. The molecule has 138 valence electrons. The molecule has 0 bridgehead atoms. The van der Waals surface area contributed by atoms with Crippen molar-refractivity contribution < 1.29 is 0 Å². The number of nitrogens with zero attached hydrogens (tertiary/aromatic N) is 4. The van der Waals surface area contributed by atoms with Gasteiger partial charge in [-0.05, 0) is 38.2 Å². The highest BCUT2D eigenvalue weighted by Crippen LogP contribution is 2.26. The van der Waals surface area contributed by atoms with Crippen LogP contribution in [0, 0.1) is 0 Å². The summed E-state index contributed by atoms with van der Waals surface area (Å²) >= 11 is 0. The second kappa shape index (κ2) is 8.35. The van der Waals surface area contributed by atoms with E-state index in [-0.39, 0.29) is 0 Å². The van der Waals surface area contributed by atoms with Crippen LogP contribution in [0.2, 0.25) is 0 Å². The molecule has 1 aromatic heterocycles. The first-order chi connectivity index (χ1) is 12.4. The Morgan fingerprint density at radius 2 is 1.64 bits per heavy atom. The summed E-state index contributed by atoms with van der Waals surface area (Å²) in [5.74, 6) is 1.92. The molecule has 25 heavy (non-hydrogen) atoms. The van der Waals surface area contributed by atoms with Gasteiger partial charge in [0, 0.05) is 44.5 Å². The molecule has 3 heterocycles. The van der Waals surface area contributed by atoms with Gasteiger partial charge in [-0.3, -0.25) is 4.90 Å². The Balaban J connectivity index is 1.34. The molecule has 1 atom stereocenters. The van der Waals surface area contributed by atoms with E-state index in [0.29, 0.717) is 6.04 Å². The molecule has 5 nitrogen and oxygen atoms in total. The molecular weight excluding hydrogens is 310 g/mol. The van der Waals surface area contributed by atoms with Crippen LogP contribution >= 0.6 is 0 Å². The molecule has 1 N–H and O–H groups in total. The number of aromatic nitrogens is 2. The van der Waals surface area contributed by atoms with Crippen LogP contribution in [-0.4, -0.2) is 53.1 Å². The third-order valence-electron chi connectivity index (χ3n) is 6.21. The van der Waals surface area contributed by atoms with Crippen molar-refractivity contribution in [2.75, 3.05) is 36.4 Å². The molecule has 4 rings (SSSR count). The van der Waals surface area contributed by atoms with Crippen LogP contribution in [0.5, 0.6) is 0 Å². The number of anilines is 2. The smallest absolute Gasteiger partial charge is 0.224 e. The lowest BCUT2D eigenvalue weighted by Crippen LogP contribution is -2.36. The molecule has 0 radical (unpaired) electrons. The van der Waals surface area contributed by atoms with E-state index in [9.17, 15) is 0 Å². The van der Waals surface area contributed by atoms with E-state index in [2.05, 4.69) is 26.2 Å². The molecule has 5 heteroatoms. The third kappa shape index (κ3) is 4.43. The molecule has 3 aliphatic rings. The molecular formula is C20H33N5. The van der Waals surface area contributed by atoms with Crippen molar-refractivity contribution in [3.63, 3.8) is 0 Å². The van der Waals surface area contributed by atoms with Crippen molar-refractivity contribution in [3.05, 3.63) is 12.3 Å². The fourth-order valence-electron chi connectivity index (χ4n) is 4.76. The second-order valence-corrected chi connectivity index (χ2v) is 8.06. The first-order valence-electron chi connectivity index (χ1n) is 10.5. The summed E-state index contributed by atoms with van der Waals surface area (Å²) in [5, 5.41) is 3.61. The third-order valence-corrected chi connectivity index (χ3v) is 6.21. The fraction of sp³-hybridized carbons (Fsp3) is 0.800. The summed E-state index contributed by atoms with van der Waals surface area (Å²) < 4.78 is 0. The van der Waals surface area contributed by atoms with Gasteiger partial charge in [0.05, 0.1) is 0 Å². The summed E-state index contributed by atoms with van der Waals surface area (Å²) in [6.45, 7) is 4.65. The highest BCUT2D eigenvalue weighted by atomic mass is 15.3. The zero-order chi connectivity index (χ0) is 16.9. The Labute approximate surface area is 152 Å². The molecule has 0 amide bonds. The van der Waals surface area contributed by atoms with Crippen LogP contribution in [-0.2, 0) is 0 Å². The fourth-order valence-corrected chi connectivity index (χ4v) is 4.76. The van der Waals surface area contributed by atoms with Crippen LogP contribution < -0.4 is 10.2 Å². The molecule has 0 spiro atoms.